The molecule has 1 fully saturated rings. The molecule has 2 atom stereocenters. The van der Waals surface area contributed by atoms with Gasteiger partial charge in [0, 0.05) is 6.04 Å². The highest BCUT2D eigenvalue weighted by Crippen LogP contribution is 2.20. The van der Waals surface area contributed by atoms with E-state index in [-0.39, 0.29) is 6.04 Å². The summed E-state index contributed by atoms with van der Waals surface area (Å²) in [5.74, 6) is 4.66. The molecule has 0 spiro atoms. The van der Waals surface area contributed by atoms with Crippen LogP contribution in [0.4, 0.5) is 0 Å². The molecule has 2 unspecified atom stereocenters. The lowest BCUT2D eigenvalue weighted by Crippen LogP contribution is -2.43. The minimum Gasteiger partial charge on any atom is -0.481 e. The number of hydrogen-bond donors (Lipinski definition) is 1. The van der Waals surface area contributed by atoms with E-state index in [0.29, 0.717) is 19.8 Å². The summed E-state index contributed by atoms with van der Waals surface area (Å²) in [5, 5.41) is 9.08. The van der Waals surface area contributed by atoms with Crippen LogP contribution in [0, 0.1) is 17.8 Å². The highest BCUT2D eigenvalue weighted by Gasteiger charge is 2.37. The zero-order valence-corrected chi connectivity index (χ0v) is 9.90. The molecule has 0 radical (unpaired) electrons. The van der Waals surface area contributed by atoms with Crippen molar-refractivity contribution < 1.29 is 14.6 Å². The Morgan fingerprint density at radius 2 is 2.31 bits per heavy atom. The summed E-state index contributed by atoms with van der Waals surface area (Å²) in [5.41, 5.74) is 0. The molecule has 16 heavy (non-hydrogen) atoms. The highest BCUT2D eigenvalue weighted by atomic mass is 16.5. The molecule has 1 aliphatic rings. The average Bonchev–Trinajstić information content (AvgIpc) is 2.73. The van der Waals surface area contributed by atoms with Gasteiger partial charge in [0.1, 0.15) is 0 Å². The average molecular weight is 225 g/mol. The Kier molecular flexibility index (Phi) is 5.30. The van der Waals surface area contributed by atoms with Gasteiger partial charge in [-0.2, -0.15) is 0 Å². The minimum absolute atomic E-state index is 0.0294. The maximum atomic E-state index is 11.1. The summed E-state index contributed by atoms with van der Waals surface area (Å²) in [6.45, 7) is 6.19. The van der Waals surface area contributed by atoms with Crippen molar-refractivity contribution in [1.29, 1.82) is 0 Å². The molecular formula is C12H19NO3. The van der Waals surface area contributed by atoms with Crippen molar-refractivity contribution in [3.05, 3.63) is 0 Å². The molecule has 4 nitrogen and oxygen atoms in total. The number of carboxylic acids is 1. The number of hydrogen-bond acceptors (Lipinski definition) is 3. The van der Waals surface area contributed by atoms with Crippen LogP contribution in [0.1, 0.15) is 20.3 Å². The Balaban J connectivity index is 2.66. The van der Waals surface area contributed by atoms with Crippen molar-refractivity contribution in [2.45, 2.75) is 26.3 Å². The Morgan fingerprint density at radius 1 is 1.56 bits per heavy atom. The van der Waals surface area contributed by atoms with Gasteiger partial charge in [-0.1, -0.05) is 12.8 Å². The lowest BCUT2D eigenvalue weighted by Gasteiger charge is -2.27. The van der Waals surface area contributed by atoms with E-state index in [1.807, 2.05) is 0 Å². The molecule has 90 valence electrons. The van der Waals surface area contributed by atoms with Gasteiger partial charge in [-0.25, -0.2) is 0 Å². The molecule has 0 aromatic rings. The fraction of sp³-hybridized carbons (Fsp3) is 0.750. The van der Waals surface area contributed by atoms with Crippen molar-refractivity contribution in [2.75, 3.05) is 26.3 Å². The van der Waals surface area contributed by atoms with Crippen LogP contribution in [0.3, 0.4) is 0 Å². The van der Waals surface area contributed by atoms with E-state index in [1.165, 1.54) is 0 Å². The van der Waals surface area contributed by atoms with Gasteiger partial charge in [-0.15, -0.1) is 5.92 Å². The Bertz CT molecular complexity index is 292. The van der Waals surface area contributed by atoms with Crippen LogP contribution in [-0.2, 0) is 9.53 Å². The minimum atomic E-state index is -0.770. The molecule has 0 saturated carbocycles. The smallest absolute Gasteiger partial charge is 0.310 e. The fourth-order valence-corrected chi connectivity index (χ4v) is 1.97. The van der Waals surface area contributed by atoms with Gasteiger partial charge in [-0.3, -0.25) is 9.69 Å². The van der Waals surface area contributed by atoms with E-state index in [1.54, 1.807) is 6.92 Å². The van der Waals surface area contributed by atoms with E-state index < -0.39 is 11.9 Å². The van der Waals surface area contributed by atoms with E-state index in [9.17, 15) is 4.79 Å². The molecule has 1 aliphatic heterocycles. The van der Waals surface area contributed by atoms with Crippen molar-refractivity contribution in [3.63, 3.8) is 0 Å². The zero-order chi connectivity index (χ0) is 12.0. The molecule has 4 heteroatoms. The largest absolute Gasteiger partial charge is 0.481 e. The summed E-state index contributed by atoms with van der Waals surface area (Å²) in [4.78, 5) is 13.2. The number of nitrogens with zero attached hydrogens (tertiary/aromatic N) is 1. The SMILES string of the molecule is CC#CCN(CCC)C1COCC1C(=O)O. The van der Waals surface area contributed by atoms with Gasteiger partial charge >= 0.3 is 5.97 Å². The van der Waals surface area contributed by atoms with Gasteiger partial charge in [-0.05, 0) is 19.9 Å². The molecule has 1 rings (SSSR count). The van der Waals surface area contributed by atoms with Crippen LogP contribution in [0.5, 0.6) is 0 Å². The van der Waals surface area contributed by atoms with Crippen molar-refractivity contribution in [3.8, 4) is 11.8 Å². The summed E-state index contributed by atoms with van der Waals surface area (Å²) in [6, 6.07) is -0.0294. The third-order valence-electron chi connectivity index (χ3n) is 2.81. The summed E-state index contributed by atoms with van der Waals surface area (Å²) >= 11 is 0. The third-order valence-corrected chi connectivity index (χ3v) is 2.81. The molecule has 0 aromatic heterocycles. The van der Waals surface area contributed by atoms with Gasteiger partial charge in [0.25, 0.3) is 0 Å². The first-order chi connectivity index (χ1) is 7.70. The van der Waals surface area contributed by atoms with Crippen molar-refractivity contribution >= 4 is 5.97 Å². The lowest BCUT2D eigenvalue weighted by atomic mass is 10.0. The topological polar surface area (TPSA) is 49.8 Å². The van der Waals surface area contributed by atoms with E-state index in [2.05, 4.69) is 23.7 Å². The molecule has 0 aromatic carbocycles. The van der Waals surface area contributed by atoms with Gasteiger partial charge in [0.2, 0.25) is 0 Å². The predicted molar refractivity (Wildman–Crippen MR) is 61.0 cm³/mol. The van der Waals surface area contributed by atoms with Crippen LogP contribution in [-0.4, -0.2) is 48.3 Å². The van der Waals surface area contributed by atoms with Crippen LogP contribution < -0.4 is 0 Å². The van der Waals surface area contributed by atoms with Crippen LogP contribution in [0.2, 0.25) is 0 Å². The second-order valence-electron chi connectivity index (χ2n) is 3.95. The normalized spacial score (nSPS) is 24.2. The van der Waals surface area contributed by atoms with Crippen LogP contribution in [0.15, 0.2) is 0 Å². The molecule has 0 bridgehead atoms. The van der Waals surface area contributed by atoms with Gasteiger partial charge < -0.3 is 9.84 Å². The molecule has 1 N–H and O–H groups in total. The molecule has 0 aliphatic carbocycles. The van der Waals surface area contributed by atoms with E-state index >= 15 is 0 Å². The van der Waals surface area contributed by atoms with E-state index in [0.717, 1.165) is 13.0 Å². The van der Waals surface area contributed by atoms with Crippen LogP contribution >= 0.6 is 0 Å². The summed E-state index contributed by atoms with van der Waals surface area (Å²) < 4.78 is 5.27. The second kappa shape index (κ2) is 6.51. The number of aliphatic carboxylic acids is 1. The Morgan fingerprint density at radius 3 is 2.88 bits per heavy atom. The molecular weight excluding hydrogens is 206 g/mol. The highest BCUT2D eigenvalue weighted by molar-refractivity contribution is 5.71. The predicted octanol–water partition coefficient (Wildman–Crippen LogP) is 0.821. The van der Waals surface area contributed by atoms with Gasteiger partial charge in [0.15, 0.2) is 0 Å². The number of carboxylic acid groups (broad SMARTS) is 1. The monoisotopic (exact) mass is 225 g/mol. The summed E-state index contributed by atoms with van der Waals surface area (Å²) in [6.07, 6.45) is 0.994. The number of ether oxygens (including phenoxy) is 1. The quantitative estimate of drug-likeness (QED) is 0.704. The van der Waals surface area contributed by atoms with Crippen molar-refractivity contribution in [1.82, 2.24) is 4.90 Å². The van der Waals surface area contributed by atoms with E-state index in [4.69, 9.17) is 9.84 Å². The third kappa shape index (κ3) is 3.22. The van der Waals surface area contributed by atoms with Gasteiger partial charge in [0.05, 0.1) is 25.7 Å². The van der Waals surface area contributed by atoms with Crippen molar-refractivity contribution in [2.24, 2.45) is 5.92 Å². The number of carbonyl (C=O) groups is 1. The maximum absolute atomic E-state index is 11.1. The second-order valence-corrected chi connectivity index (χ2v) is 3.95. The first kappa shape index (κ1) is 13.0. The maximum Gasteiger partial charge on any atom is 0.310 e. The lowest BCUT2D eigenvalue weighted by molar-refractivity contribution is -0.143. The first-order valence-corrected chi connectivity index (χ1v) is 5.64. The summed E-state index contributed by atoms with van der Waals surface area (Å²) in [7, 11) is 0. The standard InChI is InChI=1S/C12H19NO3/c1-3-5-7-13(6-4-2)11-9-16-8-10(11)12(14)15/h10-11H,4,6-9H2,1-2H3,(H,14,15). The fourth-order valence-electron chi connectivity index (χ4n) is 1.97. The molecule has 0 amide bonds. The van der Waals surface area contributed by atoms with Crippen LogP contribution in [0.25, 0.3) is 0 Å². The Hall–Kier alpha value is -1.05. The first-order valence-electron chi connectivity index (χ1n) is 5.64. The molecule has 1 heterocycles. The zero-order valence-electron chi connectivity index (χ0n) is 9.90. The Labute approximate surface area is 96.6 Å². The number of rotatable bonds is 5. The molecule has 1 saturated heterocycles.